The zero-order chi connectivity index (χ0) is 24.9. The lowest BCUT2D eigenvalue weighted by atomic mass is 9.94. The number of hydrogen-bond acceptors (Lipinski definition) is 5. The van der Waals surface area contributed by atoms with Crippen molar-refractivity contribution in [1.82, 2.24) is 20.4 Å². The van der Waals surface area contributed by atoms with Crippen LogP contribution in [-0.2, 0) is 11.2 Å². The maximum absolute atomic E-state index is 13.4. The second-order valence-corrected chi connectivity index (χ2v) is 9.22. The third-order valence-corrected chi connectivity index (χ3v) is 6.39. The van der Waals surface area contributed by atoms with Gasteiger partial charge in [-0.3, -0.25) is 0 Å². The third kappa shape index (κ3) is 5.77. The monoisotopic (exact) mass is 494 g/mol. The molecule has 1 unspecified atom stereocenters. The van der Waals surface area contributed by atoms with Crippen molar-refractivity contribution in [3.05, 3.63) is 77.1 Å². The average molecular weight is 495 g/mol. The van der Waals surface area contributed by atoms with Crippen LogP contribution in [0.1, 0.15) is 57.2 Å². The smallest absolute Gasteiger partial charge is 0.258 e. The molecule has 35 heavy (non-hydrogen) atoms. The molecule has 6 nitrogen and oxygen atoms in total. The SMILES string of the molecule is CCc1ccc(C2NC(=S)N(CCCOC(C)C)C(C)=C2c2nc(-c3ccc(F)cc3)no2)cc1. The van der Waals surface area contributed by atoms with Crippen molar-refractivity contribution in [1.29, 1.82) is 0 Å². The first-order valence-corrected chi connectivity index (χ1v) is 12.4. The first kappa shape index (κ1) is 25.0. The van der Waals surface area contributed by atoms with E-state index in [1.54, 1.807) is 12.1 Å². The Morgan fingerprint density at radius 3 is 2.51 bits per heavy atom. The number of hydrogen-bond donors (Lipinski definition) is 1. The van der Waals surface area contributed by atoms with E-state index >= 15 is 0 Å². The van der Waals surface area contributed by atoms with Crippen LogP contribution in [0.15, 0.2) is 58.8 Å². The maximum atomic E-state index is 13.4. The molecule has 0 radical (unpaired) electrons. The van der Waals surface area contributed by atoms with Gasteiger partial charge in [-0.2, -0.15) is 4.98 Å². The Bertz CT molecular complexity index is 1190. The molecule has 8 heteroatoms. The van der Waals surface area contributed by atoms with E-state index in [-0.39, 0.29) is 18.0 Å². The zero-order valence-electron chi connectivity index (χ0n) is 20.5. The molecule has 0 bridgehead atoms. The van der Waals surface area contributed by atoms with Gasteiger partial charge < -0.3 is 19.5 Å². The Morgan fingerprint density at radius 2 is 1.86 bits per heavy atom. The van der Waals surface area contributed by atoms with Crippen LogP contribution < -0.4 is 5.32 Å². The van der Waals surface area contributed by atoms with Gasteiger partial charge in [0.2, 0.25) is 5.82 Å². The minimum atomic E-state index is -0.311. The Hall–Kier alpha value is -3.10. The number of nitrogens with zero attached hydrogens (tertiary/aromatic N) is 3. The molecular formula is C27H31FN4O2S. The Morgan fingerprint density at radius 1 is 1.14 bits per heavy atom. The van der Waals surface area contributed by atoms with Gasteiger partial charge in [-0.05, 0) is 81.2 Å². The van der Waals surface area contributed by atoms with Crippen molar-refractivity contribution in [2.24, 2.45) is 0 Å². The molecule has 1 atom stereocenters. The zero-order valence-corrected chi connectivity index (χ0v) is 21.4. The summed E-state index contributed by atoms with van der Waals surface area (Å²) in [6.07, 6.45) is 1.98. The molecule has 0 amide bonds. The van der Waals surface area contributed by atoms with Crippen LogP contribution in [0.3, 0.4) is 0 Å². The first-order valence-electron chi connectivity index (χ1n) is 12.0. The van der Waals surface area contributed by atoms with Crippen molar-refractivity contribution in [2.45, 2.75) is 52.7 Å². The number of nitrogens with one attached hydrogen (secondary N) is 1. The van der Waals surface area contributed by atoms with Gasteiger partial charge in [0.05, 0.1) is 17.7 Å². The van der Waals surface area contributed by atoms with Crippen LogP contribution in [-0.4, -0.2) is 39.4 Å². The van der Waals surface area contributed by atoms with Crippen LogP contribution in [0.4, 0.5) is 4.39 Å². The van der Waals surface area contributed by atoms with Crippen molar-refractivity contribution in [2.75, 3.05) is 13.2 Å². The topological polar surface area (TPSA) is 63.4 Å². The molecule has 1 aliphatic rings. The second kappa shape index (κ2) is 11.1. The van der Waals surface area contributed by atoms with E-state index in [9.17, 15) is 4.39 Å². The summed E-state index contributed by atoms with van der Waals surface area (Å²) in [5.41, 5.74) is 4.83. The molecule has 1 aliphatic heterocycles. The van der Waals surface area contributed by atoms with E-state index in [0.717, 1.165) is 29.7 Å². The van der Waals surface area contributed by atoms with Crippen LogP contribution in [0.5, 0.6) is 0 Å². The van der Waals surface area contributed by atoms with Gasteiger partial charge in [0.25, 0.3) is 5.89 Å². The van der Waals surface area contributed by atoms with Gasteiger partial charge in [-0.25, -0.2) is 4.39 Å². The lowest BCUT2D eigenvalue weighted by molar-refractivity contribution is 0.0749. The predicted octanol–water partition coefficient (Wildman–Crippen LogP) is 5.92. The minimum absolute atomic E-state index is 0.187. The van der Waals surface area contributed by atoms with E-state index in [0.29, 0.717) is 35.5 Å². The molecule has 0 fully saturated rings. The molecular weight excluding hydrogens is 463 g/mol. The molecule has 3 aromatic rings. The highest BCUT2D eigenvalue weighted by molar-refractivity contribution is 7.80. The quantitative estimate of drug-likeness (QED) is 0.293. The van der Waals surface area contributed by atoms with Crippen molar-refractivity contribution in [3.8, 4) is 11.4 Å². The number of benzene rings is 2. The van der Waals surface area contributed by atoms with E-state index in [1.807, 2.05) is 20.8 Å². The summed E-state index contributed by atoms with van der Waals surface area (Å²) in [5, 5.41) is 8.32. The fourth-order valence-corrected chi connectivity index (χ4v) is 4.46. The second-order valence-electron chi connectivity index (χ2n) is 8.83. The molecule has 0 aliphatic carbocycles. The number of allylic oxidation sites excluding steroid dienone is 1. The Labute approximate surface area is 211 Å². The van der Waals surface area contributed by atoms with Crippen LogP contribution >= 0.6 is 12.2 Å². The number of aryl methyl sites for hydroxylation is 1. The summed E-state index contributed by atoms with van der Waals surface area (Å²) in [6.45, 7) is 9.57. The number of rotatable bonds is 9. The lowest BCUT2D eigenvalue weighted by Gasteiger charge is -2.37. The predicted molar refractivity (Wildman–Crippen MR) is 139 cm³/mol. The summed E-state index contributed by atoms with van der Waals surface area (Å²) >= 11 is 5.77. The normalized spacial score (nSPS) is 16.2. The molecule has 0 saturated heterocycles. The average Bonchev–Trinajstić information content (AvgIpc) is 3.33. The van der Waals surface area contributed by atoms with Gasteiger partial charge in [0, 0.05) is 24.4 Å². The molecule has 1 N–H and O–H groups in total. The Kier molecular flexibility index (Phi) is 7.93. The molecule has 0 saturated carbocycles. The number of ether oxygens (including phenoxy) is 1. The van der Waals surface area contributed by atoms with Crippen molar-refractivity contribution < 1.29 is 13.7 Å². The lowest BCUT2D eigenvalue weighted by Crippen LogP contribution is -2.46. The molecule has 1 aromatic heterocycles. The van der Waals surface area contributed by atoms with Crippen LogP contribution in [0.25, 0.3) is 17.0 Å². The molecule has 2 aromatic carbocycles. The number of thiocarbonyl (C=S) groups is 1. The van der Waals surface area contributed by atoms with E-state index in [4.69, 9.17) is 21.5 Å². The van der Waals surface area contributed by atoms with Crippen molar-refractivity contribution >= 4 is 22.9 Å². The summed E-state index contributed by atoms with van der Waals surface area (Å²) < 4.78 is 24.9. The summed E-state index contributed by atoms with van der Waals surface area (Å²) in [5.74, 6) is 0.504. The minimum Gasteiger partial charge on any atom is -0.379 e. The highest BCUT2D eigenvalue weighted by atomic mass is 32.1. The molecule has 0 spiro atoms. The summed E-state index contributed by atoms with van der Waals surface area (Å²) in [4.78, 5) is 6.74. The van der Waals surface area contributed by atoms with E-state index < -0.39 is 0 Å². The molecule has 184 valence electrons. The van der Waals surface area contributed by atoms with Gasteiger partial charge >= 0.3 is 0 Å². The first-order chi connectivity index (χ1) is 16.9. The van der Waals surface area contributed by atoms with Crippen molar-refractivity contribution in [3.63, 3.8) is 0 Å². The fourth-order valence-electron chi connectivity index (χ4n) is 4.11. The van der Waals surface area contributed by atoms with Gasteiger partial charge in [0.1, 0.15) is 5.82 Å². The molecule has 2 heterocycles. The number of aromatic nitrogens is 2. The molecule has 4 rings (SSSR count). The highest BCUT2D eigenvalue weighted by Gasteiger charge is 2.34. The highest BCUT2D eigenvalue weighted by Crippen LogP contribution is 2.37. The number of halogens is 1. The largest absolute Gasteiger partial charge is 0.379 e. The van der Waals surface area contributed by atoms with E-state index in [2.05, 4.69) is 51.5 Å². The van der Waals surface area contributed by atoms with Gasteiger partial charge in [-0.15, -0.1) is 0 Å². The third-order valence-electron chi connectivity index (χ3n) is 6.05. The summed E-state index contributed by atoms with van der Waals surface area (Å²) in [6, 6.07) is 14.3. The Balaban J connectivity index is 1.70. The van der Waals surface area contributed by atoms with Crippen LogP contribution in [0.2, 0.25) is 0 Å². The van der Waals surface area contributed by atoms with Crippen LogP contribution in [0, 0.1) is 5.82 Å². The van der Waals surface area contributed by atoms with E-state index in [1.165, 1.54) is 17.7 Å². The maximum Gasteiger partial charge on any atom is 0.258 e. The fraction of sp³-hybridized carbons (Fsp3) is 0.370. The summed E-state index contributed by atoms with van der Waals surface area (Å²) in [7, 11) is 0. The van der Waals surface area contributed by atoms with Gasteiger partial charge in [-0.1, -0.05) is 36.3 Å². The van der Waals surface area contributed by atoms with Gasteiger partial charge in [0.15, 0.2) is 5.11 Å². The standard InChI is InChI=1S/C27H31FN4O2S/c1-5-19-7-9-20(10-8-19)24-23(18(4)32(27(35)29-24)15-6-16-33-17(2)3)26-30-25(31-34-26)21-11-13-22(28)14-12-21/h7-14,17,24H,5-6,15-16H2,1-4H3,(H,29,35).